The molecule has 1 aliphatic rings. The van der Waals surface area contributed by atoms with Gasteiger partial charge >= 0.3 is 6.09 Å². The van der Waals surface area contributed by atoms with Crippen LogP contribution in [0.3, 0.4) is 0 Å². The normalized spacial score (nSPS) is 16.1. The van der Waals surface area contributed by atoms with Crippen LogP contribution in [0.5, 0.6) is 0 Å². The molecule has 1 saturated heterocycles. The molecule has 0 aliphatic carbocycles. The molecule has 0 unspecified atom stereocenters. The van der Waals surface area contributed by atoms with Crippen LogP contribution in [0.25, 0.3) is 5.65 Å². The average Bonchev–Trinajstić information content (AvgIpc) is 3.29. The molecule has 3 amide bonds. The van der Waals surface area contributed by atoms with Crippen molar-refractivity contribution in [2.45, 2.75) is 45.8 Å². The lowest BCUT2D eigenvalue weighted by Gasteiger charge is -2.21. The van der Waals surface area contributed by atoms with E-state index in [2.05, 4.69) is 25.6 Å². The maximum absolute atomic E-state index is 14.2. The number of halogens is 1. The standard InChI is InChI=1S/C22H24FN7O4/c1-12-10-29-11-13(7-14(23)18(29)26-12)27-19(31)16-8-25-17(9-24-16)30-6-5-15(20(30)32)28-21(33)34-22(2,3)4/h7-11,15H,5-6H2,1-4H3,(H,27,31)(H,28,33)/t15-/m1/s1. The fourth-order valence-electron chi connectivity index (χ4n) is 3.51. The first-order valence-electron chi connectivity index (χ1n) is 10.6. The molecule has 0 aromatic carbocycles. The van der Waals surface area contributed by atoms with E-state index in [0.717, 1.165) is 0 Å². The Kier molecular flexibility index (Phi) is 5.90. The van der Waals surface area contributed by atoms with Crippen LogP contribution in [0.4, 0.5) is 20.7 Å². The number of aromatic nitrogens is 4. The van der Waals surface area contributed by atoms with Crippen LogP contribution in [0.1, 0.15) is 43.4 Å². The summed E-state index contributed by atoms with van der Waals surface area (Å²) in [6.45, 7) is 7.26. The molecule has 178 valence electrons. The van der Waals surface area contributed by atoms with Crippen LogP contribution in [-0.2, 0) is 9.53 Å². The number of hydrogen-bond donors (Lipinski definition) is 2. The fraction of sp³-hybridized carbons (Fsp3) is 0.364. The van der Waals surface area contributed by atoms with Crippen LogP contribution in [0.15, 0.2) is 30.9 Å². The van der Waals surface area contributed by atoms with Gasteiger partial charge in [-0.1, -0.05) is 0 Å². The van der Waals surface area contributed by atoms with E-state index < -0.39 is 29.5 Å². The number of fused-ring (bicyclic) bond motifs is 1. The minimum absolute atomic E-state index is 0.0128. The minimum atomic E-state index is -0.740. The van der Waals surface area contributed by atoms with Crippen molar-refractivity contribution in [1.29, 1.82) is 0 Å². The number of ether oxygens (including phenoxy) is 1. The zero-order valence-electron chi connectivity index (χ0n) is 19.1. The summed E-state index contributed by atoms with van der Waals surface area (Å²) in [7, 11) is 0. The van der Waals surface area contributed by atoms with Gasteiger partial charge in [-0.25, -0.2) is 24.1 Å². The summed E-state index contributed by atoms with van der Waals surface area (Å²) >= 11 is 0. The molecule has 3 aromatic rings. The molecule has 2 N–H and O–H groups in total. The molecule has 12 heteroatoms. The molecule has 0 bridgehead atoms. The SMILES string of the molecule is Cc1cn2cc(NC(=O)c3cnc(N4CC[C@@H](NC(=O)OC(C)(C)C)C4=O)cn3)cc(F)c2n1. The number of pyridine rings is 1. The van der Waals surface area contributed by atoms with Gasteiger partial charge in [0.1, 0.15) is 17.3 Å². The van der Waals surface area contributed by atoms with Gasteiger partial charge in [0, 0.05) is 25.0 Å². The van der Waals surface area contributed by atoms with E-state index in [-0.39, 0.29) is 28.8 Å². The maximum Gasteiger partial charge on any atom is 0.408 e. The second-order valence-corrected chi connectivity index (χ2v) is 8.88. The summed E-state index contributed by atoms with van der Waals surface area (Å²) in [4.78, 5) is 50.9. The molecule has 3 aromatic heterocycles. The van der Waals surface area contributed by atoms with E-state index in [1.807, 2.05) is 0 Å². The number of alkyl carbamates (subject to hydrolysis) is 1. The van der Waals surface area contributed by atoms with Crippen LogP contribution in [0, 0.1) is 12.7 Å². The quantitative estimate of drug-likeness (QED) is 0.600. The van der Waals surface area contributed by atoms with E-state index >= 15 is 0 Å². The highest BCUT2D eigenvalue weighted by Gasteiger charge is 2.35. The van der Waals surface area contributed by atoms with Gasteiger partial charge in [-0.2, -0.15) is 0 Å². The Morgan fingerprint density at radius 2 is 1.97 bits per heavy atom. The van der Waals surface area contributed by atoms with Gasteiger partial charge in [0.25, 0.3) is 11.8 Å². The summed E-state index contributed by atoms with van der Waals surface area (Å²) in [6.07, 6.45) is 5.41. The van der Waals surface area contributed by atoms with Gasteiger partial charge in [-0.3, -0.25) is 14.5 Å². The zero-order valence-corrected chi connectivity index (χ0v) is 19.1. The fourth-order valence-corrected chi connectivity index (χ4v) is 3.51. The number of imidazole rings is 1. The number of anilines is 2. The van der Waals surface area contributed by atoms with E-state index in [4.69, 9.17) is 4.74 Å². The van der Waals surface area contributed by atoms with E-state index in [1.54, 1.807) is 40.1 Å². The Labute approximate surface area is 194 Å². The number of rotatable bonds is 4. The Morgan fingerprint density at radius 3 is 2.65 bits per heavy atom. The first kappa shape index (κ1) is 23.1. The molecular weight excluding hydrogens is 445 g/mol. The summed E-state index contributed by atoms with van der Waals surface area (Å²) in [5.41, 5.74) is 0.339. The highest BCUT2D eigenvalue weighted by Crippen LogP contribution is 2.20. The molecule has 1 fully saturated rings. The van der Waals surface area contributed by atoms with Crippen LogP contribution in [-0.4, -0.2) is 55.4 Å². The number of nitrogens with one attached hydrogen (secondary N) is 2. The lowest BCUT2D eigenvalue weighted by Crippen LogP contribution is -2.44. The van der Waals surface area contributed by atoms with Crippen LogP contribution < -0.4 is 15.5 Å². The topological polar surface area (TPSA) is 131 Å². The van der Waals surface area contributed by atoms with E-state index in [1.165, 1.54) is 27.8 Å². The Bertz CT molecular complexity index is 1270. The van der Waals surface area contributed by atoms with Gasteiger partial charge in [0.2, 0.25) is 0 Å². The Morgan fingerprint density at radius 1 is 1.21 bits per heavy atom. The third-order valence-electron chi connectivity index (χ3n) is 4.93. The Balaban J connectivity index is 1.40. The van der Waals surface area contributed by atoms with Crippen molar-refractivity contribution in [2.75, 3.05) is 16.8 Å². The second-order valence-electron chi connectivity index (χ2n) is 8.88. The monoisotopic (exact) mass is 469 g/mol. The van der Waals surface area contributed by atoms with Gasteiger partial charge in [-0.05, 0) is 34.1 Å². The Hall–Kier alpha value is -4.09. The van der Waals surface area contributed by atoms with Crippen molar-refractivity contribution in [3.05, 3.63) is 48.1 Å². The molecule has 4 heterocycles. The van der Waals surface area contributed by atoms with Crippen molar-refractivity contribution < 1.29 is 23.5 Å². The van der Waals surface area contributed by atoms with Crippen LogP contribution >= 0.6 is 0 Å². The summed E-state index contributed by atoms with van der Waals surface area (Å²) < 4.78 is 20.9. The molecule has 0 saturated carbocycles. The maximum atomic E-state index is 14.2. The minimum Gasteiger partial charge on any atom is -0.444 e. The largest absolute Gasteiger partial charge is 0.444 e. The predicted molar refractivity (Wildman–Crippen MR) is 120 cm³/mol. The van der Waals surface area contributed by atoms with Gasteiger partial charge < -0.3 is 19.8 Å². The number of nitrogens with zero attached hydrogens (tertiary/aromatic N) is 5. The summed E-state index contributed by atoms with van der Waals surface area (Å²) in [6, 6.07) is 0.429. The van der Waals surface area contributed by atoms with Gasteiger partial charge in [0.05, 0.1) is 23.8 Å². The highest BCUT2D eigenvalue weighted by molar-refractivity contribution is 6.03. The number of hydrogen-bond acceptors (Lipinski definition) is 7. The first-order chi connectivity index (χ1) is 16.0. The zero-order chi connectivity index (χ0) is 24.6. The van der Waals surface area contributed by atoms with Gasteiger partial charge in [-0.15, -0.1) is 0 Å². The van der Waals surface area contributed by atoms with Crippen molar-refractivity contribution in [1.82, 2.24) is 24.7 Å². The molecule has 11 nitrogen and oxygen atoms in total. The lowest BCUT2D eigenvalue weighted by molar-refractivity contribution is -0.118. The number of aryl methyl sites for hydroxylation is 1. The summed E-state index contributed by atoms with van der Waals surface area (Å²) in [5.74, 6) is -1.27. The molecule has 1 aliphatic heterocycles. The molecule has 0 spiro atoms. The first-order valence-corrected chi connectivity index (χ1v) is 10.6. The highest BCUT2D eigenvalue weighted by atomic mass is 19.1. The van der Waals surface area contributed by atoms with Crippen molar-refractivity contribution in [2.24, 2.45) is 0 Å². The summed E-state index contributed by atoms with van der Waals surface area (Å²) in [5, 5.41) is 5.13. The molecule has 4 rings (SSSR count). The number of amides is 3. The molecular formula is C22H24FN7O4. The van der Waals surface area contributed by atoms with Crippen LogP contribution in [0.2, 0.25) is 0 Å². The third kappa shape index (κ3) is 4.95. The number of carbonyl (C=O) groups excluding carboxylic acids is 3. The molecule has 1 atom stereocenters. The third-order valence-corrected chi connectivity index (χ3v) is 4.93. The number of carbonyl (C=O) groups is 3. The van der Waals surface area contributed by atoms with E-state index in [9.17, 15) is 18.8 Å². The van der Waals surface area contributed by atoms with Crippen molar-refractivity contribution in [3.8, 4) is 0 Å². The second kappa shape index (κ2) is 8.69. The van der Waals surface area contributed by atoms with E-state index in [0.29, 0.717) is 18.7 Å². The van der Waals surface area contributed by atoms with Crippen molar-refractivity contribution in [3.63, 3.8) is 0 Å². The molecule has 0 radical (unpaired) electrons. The average molecular weight is 469 g/mol. The lowest BCUT2D eigenvalue weighted by atomic mass is 10.2. The smallest absolute Gasteiger partial charge is 0.408 e. The van der Waals surface area contributed by atoms with Gasteiger partial charge in [0.15, 0.2) is 17.3 Å². The predicted octanol–water partition coefficient (Wildman–Crippen LogP) is 2.45. The van der Waals surface area contributed by atoms with Crippen molar-refractivity contribution >= 4 is 35.1 Å². The molecule has 34 heavy (non-hydrogen) atoms.